The smallest absolute Gasteiger partial charge is 0.319 e. The number of carbonyl (C=O) groups is 1. The third-order valence-corrected chi connectivity index (χ3v) is 1.93. The summed E-state index contributed by atoms with van der Waals surface area (Å²) in [7, 11) is 0. The minimum atomic E-state index is -0.180. The molecule has 88 valence electrons. The van der Waals surface area contributed by atoms with E-state index < -0.39 is 0 Å². The van der Waals surface area contributed by atoms with Crippen LogP contribution < -0.4 is 10.6 Å². The van der Waals surface area contributed by atoms with Gasteiger partial charge in [-0.1, -0.05) is 20.8 Å². The van der Waals surface area contributed by atoms with Gasteiger partial charge in [0.15, 0.2) is 0 Å². The zero-order valence-corrected chi connectivity index (χ0v) is 10.3. The minimum absolute atomic E-state index is 0.0888. The summed E-state index contributed by atoms with van der Waals surface area (Å²) in [4.78, 5) is 15.6. The molecule has 0 fully saturated rings. The molecule has 1 aromatic rings. The van der Waals surface area contributed by atoms with E-state index in [2.05, 4.69) is 36.4 Å². The summed E-state index contributed by atoms with van der Waals surface area (Å²) in [6.45, 7) is 8.75. The molecule has 0 unspecified atom stereocenters. The van der Waals surface area contributed by atoms with Gasteiger partial charge >= 0.3 is 6.03 Å². The predicted octanol–water partition coefficient (Wildman–Crippen LogP) is 2.56. The van der Waals surface area contributed by atoms with Crippen LogP contribution in [0.15, 0.2) is 18.3 Å². The van der Waals surface area contributed by atoms with Crippen molar-refractivity contribution >= 4 is 11.7 Å². The lowest BCUT2D eigenvalue weighted by atomic mass is 9.97. The number of nitrogens with zero attached hydrogens (tertiary/aromatic N) is 1. The minimum Gasteiger partial charge on any atom is -0.337 e. The molecule has 0 aromatic carbocycles. The predicted molar refractivity (Wildman–Crippen MR) is 65.5 cm³/mol. The Kier molecular flexibility index (Phi) is 3.88. The third-order valence-electron chi connectivity index (χ3n) is 1.93. The van der Waals surface area contributed by atoms with Crippen LogP contribution in [0.1, 0.15) is 26.5 Å². The standard InChI is InChI=1S/C12H19N3O/c1-9-7-10(5-6-13-9)15-11(16)14-8-12(2,3)4/h5-7H,8H2,1-4H3,(H2,13,14,15,16). The van der Waals surface area contributed by atoms with Crippen LogP contribution in [0.25, 0.3) is 0 Å². The molecule has 2 N–H and O–H groups in total. The molecule has 16 heavy (non-hydrogen) atoms. The third kappa shape index (κ3) is 4.77. The van der Waals surface area contributed by atoms with E-state index >= 15 is 0 Å². The highest BCUT2D eigenvalue weighted by atomic mass is 16.2. The van der Waals surface area contributed by atoms with Crippen molar-refractivity contribution in [1.82, 2.24) is 10.3 Å². The average Bonchev–Trinajstić information content (AvgIpc) is 2.14. The average molecular weight is 221 g/mol. The number of hydrogen-bond donors (Lipinski definition) is 2. The van der Waals surface area contributed by atoms with Gasteiger partial charge in [0, 0.05) is 24.1 Å². The molecule has 1 heterocycles. The van der Waals surface area contributed by atoms with Gasteiger partial charge in [0.25, 0.3) is 0 Å². The molecule has 0 aliphatic heterocycles. The van der Waals surface area contributed by atoms with Crippen molar-refractivity contribution in [2.45, 2.75) is 27.7 Å². The van der Waals surface area contributed by atoms with Gasteiger partial charge < -0.3 is 10.6 Å². The number of rotatable bonds is 2. The van der Waals surface area contributed by atoms with E-state index in [1.807, 2.05) is 13.0 Å². The van der Waals surface area contributed by atoms with Gasteiger partial charge in [-0.25, -0.2) is 4.79 Å². The first-order chi connectivity index (χ1) is 7.37. The summed E-state index contributed by atoms with van der Waals surface area (Å²) in [6, 6.07) is 3.42. The molecule has 1 aromatic heterocycles. The van der Waals surface area contributed by atoms with Gasteiger partial charge in [-0.05, 0) is 24.5 Å². The maximum absolute atomic E-state index is 11.5. The molecule has 0 atom stereocenters. The summed E-state index contributed by atoms with van der Waals surface area (Å²) in [5, 5.41) is 5.59. The highest BCUT2D eigenvalue weighted by Crippen LogP contribution is 2.11. The van der Waals surface area contributed by atoms with Crippen LogP contribution in [0, 0.1) is 12.3 Å². The molecule has 0 aliphatic rings. The van der Waals surface area contributed by atoms with E-state index in [0.717, 1.165) is 11.4 Å². The van der Waals surface area contributed by atoms with Crippen LogP contribution in [0.5, 0.6) is 0 Å². The van der Waals surface area contributed by atoms with Gasteiger partial charge in [-0.3, -0.25) is 4.98 Å². The Bertz CT molecular complexity index is 369. The van der Waals surface area contributed by atoms with Crippen molar-refractivity contribution in [3.8, 4) is 0 Å². The largest absolute Gasteiger partial charge is 0.337 e. The molecule has 0 saturated heterocycles. The highest BCUT2D eigenvalue weighted by molar-refractivity contribution is 5.89. The summed E-state index contributed by atoms with van der Waals surface area (Å²) >= 11 is 0. The Morgan fingerprint density at radius 3 is 2.69 bits per heavy atom. The van der Waals surface area contributed by atoms with Crippen LogP contribution in [-0.4, -0.2) is 17.6 Å². The van der Waals surface area contributed by atoms with Crippen LogP contribution >= 0.6 is 0 Å². The van der Waals surface area contributed by atoms with Crippen molar-refractivity contribution in [2.24, 2.45) is 5.41 Å². The molecular formula is C12H19N3O. The number of hydrogen-bond acceptors (Lipinski definition) is 2. The fraction of sp³-hybridized carbons (Fsp3) is 0.500. The van der Waals surface area contributed by atoms with Gasteiger partial charge in [0.1, 0.15) is 0 Å². The number of nitrogens with one attached hydrogen (secondary N) is 2. The van der Waals surface area contributed by atoms with Gasteiger partial charge in [-0.2, -0.15) is 0 Å². The second-order valence-electron chi connectivity index (χ2n) is 5.05. The van der Waals surface area contributed by atoms with E-state index in [1.54, 1.807) is 12.3 Å². The summed E-state index contributed by atoms with van der Waals surface area (Å²) in [6.07, 6.45) is 1.68. The SMILES string of the molecule is Cc1cc(NC(=O)NCC(C)(C)C)ccn1. The van der Waals surface area contributed by atoms with Crippen LogP contribution in [0.2, 0.25) is 0 Å². The number of carbonyl (C=O) groups excluding carboxylic acids is 1. The molecule has 0 radical (unpaired) electrons. The monoisotopic (exact) mass is 221 g/mol. The first-order valence-electron chi connectivity index (χ1n) is 5.34. The molecule has 2 amide bonds. The van der Waals surface area contributed by atoms with Gasteiger partial charge in [0.05, 0.1) is 0 Å². The molecular weight excluding hydrogens is 202 g/mol. The quantitative estimate of drug-likeness (QED) is 0.806. The second-order valence-corrected chi connectivity index (χ2v) is 5.05. The fourth-order valence-corrected chi connectivity index (χ4v) is 1.14. The van der Waals surface area contributed by atoms with Crippen LogP contribution in [-0.2, 0) is 0 Å². The maximum Gasteiger partial charge on any atom is 0.319 e. The van der Waals surface area contributed by atoms with E-state index in [4.69, 9.17) is 0 Å². The lowest BCUT2D eigenvalue weighted by Crippen LogP contribution is -2.35. The van der Waals surface area contributed by atoms with Crippen molar-refractivity contribution in [2.75, 3.05) is 11.9 Å². The first-order valence-corrected chi connectivity index (χ1v) is 5.34. The number of amides is 2. The number of anilines is 1. The molecule has 1 rings (SSSR count). The van der Waals surface area contributed by atoms with Crippen LogP contribution in [0.4, 0.5) is 10.5 Å². The molecule has 0 bridgehead atoms. The summed E-state index contributed by atoms with van der Waals surface area (Å²) in [5.41, 5.74) is 1.73. The zero-order valence-electron chi connectivity index (χ0n) is 10.3. The number of urea groups is 1. The van der Waals surface area contributed by atoms with Crippen molar-refractivity contribution in [1.29, 1.82) is 0 Å². The van der Waals surface area contributed by atoms with E-state index in [0.29, 0.717) is 6.54 Å². The molecule has 0 spiro atoms. The van der Waals surface area contributed by atoms with Gasteiger partial charge in [0.2, 0.25) is 0 Å². The van der Waals surface area contributed by atoms with Gasteiger partial charge in [-0.15, -0.1) is 0 Å². The number of aromatic nitrogens is 1. The Hall–Kier alpha value is -1.58. The Morgan fingerprint density at radius 1 is 1.44 bits per heavy atom. The zero-order chi connectivity index (χ0) is 12.2. The Balaban J connectivity index is 2.46. The lowest BCUT2D eigenvalue weighted by molar-refractivity contribution is 0.247. The molecule has 4 heteroatoms. The topological polar surface area (TPSA) is 54.0 Å². The Morgan fingerprint density at radius 2 is 2.12 bits per heavy atom. The Labute approximate surface area is 96.5 Å². The van der Waals surface area contributed by atoms with Crippen LogP contribution in [0.3, 0.4) is 0 Å². The maximum atomic E-state index is 11.5. The number of pyridine rings is 1. The second kappa shape index (κ2) is 4.96. The molecule has 0 aliphatic carbocycles. The van der Waals surface area contributed by atoms with Crippen molar-refractivity contribution < 1.29 is 4.79 Å². The van der Waals surface area contributed by atoms with Crippen molar-refractivity contribution in [3.63, 3.8) is 0 Å². The summed E-state index contributed by atoms with van der Waals surface area (Å²) in [5.74, 6) is 0. The fourth-order valence-electron chi connectivity index (χ4n) is 1.14. The molecule has 0 saturated carbocycles. The lowest BCUT2D eigenvalue weighted by Gasteiger charge is -2.18. The summed E-state index contributed by atoms with van der Waals surface area (Å²) < 4.78 is 0. The normalized spacial score (nSPS) is 11.0. The van der Waals surface area contributed by atoms with E-state index in [9.17, 15) is 4.79 Å². The van der Waals surface area contributed by atoms with Crippen molar-refractivity contribution in [3.05, 3.63) is 24.0 Å². The first kappa shape index (κ1) is 12.5. The van der Waals surface area contributed by atoms with E-state index in [-0.39, 0.29) is 11.4 Å². The number of aryl methyl sites for hydroxylation is 1. The van der Waals surface area contributed by atoms with E-state index in [1.165, 1.54) is 0 Å². The molecule has 4 nitrogen and oxygen atoms in total. The highest BCUT2D eigenvalue weighted by Gasteiger charge is 2.11.